The van der Waals surface area contributed by atoms with Crippen molar-refractivity contribution in [1.82, 2.24) is 5.32 Å². The summed E-state index contributed by atoms with van der Waals surface area (Å²) in [4.78, 5) is 12.1. The van der Waals surface area contributed by atoms with Crippen molar-refractivity contribution in [2.75, 3.05) is 0 Å². The lowest BCUT2D eigenvalue weighted by molar-refractivity contribution is -0.120. The van der Waals surface area contributed by atoms with Gasteiger partial charge in [-0.25, -0.2) is 0 Å². The maximum Gasteiger partial charge on any atom is 0.223 e. The Morgan fingerprint density at radius 3 is 2.14 bits per heavy atom. The van der Waals surface area contributed by atoms with Crippen LogP contribution in [0.2, 0.25) is 0 Å². The van der Waals surface area contributed by atoms with Crippen LogP contribution in [0, 0.1) is 0 Å². The van der Waals surface area contributed by atoms with E-state index in [1.807, 2.05) is 6.08 Å². The number of benzene rings is 1. The van der Waals surface area contributed by atoms with E-state index in [0.717, 1.165) is 19.3 Å². The first-order chi connectivity index (χ1) is 13.6. The zero-order chi connectivity index (χ0) is 21.7. The third-order valence-corrected chi connectivity index (χ3v) is 6.07. The molecule has 1 aliphatic rings. The number of ether oxygens (including phenoxy) is 1. The van der Waals surface area contributed by atoms with Gasteiger partial charge in [-0.1, -0.05) is 59.8 Å². The van der Waals surface area contributed by atoms with Gasteiger partial charge in [0.15, 0.2) is 0 Å². The lowest BCUT2D eigenvalue weighted by Crippen LogP contribution is -2.33. The fourth-order valence-corrected chi connectivity index (χ4v) is 4.38. The van der Waals surface area contributed by atoms with E-state index in [0.29, 0.717) is 24.2 Å². The molecule has 162 valence electrons. The monoisotopic (exact) mass is 399 g/mol. The molecule has 3 atom stereocenters. The summed E-state index contributed by atoms with van der Waals surface area (Å²) in [7, 11) is 0. The molecule has 0 saturated carbocycles. The number of hydrogen-bond acceptors (Lipinski definition) is 2. The normalized spacial score (nSPS) is 20.6. The van der Waals surface area contributed by atoms with Crippen LogP contribution in [-0.4, -0.2) is 18.1 Å². The van der Waals surface area contributed by atoms with Crippen molar-refractivity contribution in [3.8, 4) is 0 Å². The molecule has 2 rings (SSSR count). The molecule has 1 N–H and O–H groups in total. The molecule has 0 radical (unpaired) electrons. The smallest absolute Gasteiger partial charge is 0.223 e. The number of unbranched alkanes of at least 4 members (excludes halogenated alkanes) is 1. The Kier molecular flexibility index (Phi) is 8.51. The summed E-state index contributed by atoms with van der Waals surface area (Å²) < 4.78 is 6.58. The van der Waals surface area contributed by atoms with E-state index in [1.54, 1.807) is 0 Å². The van der Waals surface area contributed by atoms with Gasteiger partial charge >= 0.3 is 0 Å². The van der Waals surface area contributed by atoms with Crippen molar-refractivity contribution in [1.29, 1.82) is 0 Å². The Balaban J connectivity index is 2.34. The summed E-state index contributed by atoms with van der Waals surface area (Å²) in [6.07, 6.45) is 5.24. The highest BCUT2D eigenvalue weighted by Crippen LogP contribution is 2.38. The summed E-state index contributed by atoms with van der Waals surface area (Å²) in [6, 6.07) is 4.84. The second kappa shape index (κ2) is 10.4. The number of hydrogen-bond donors (Lipinski definition) is 1. The maximum atomic E-state index is 12.1. The minimum atomic E-state index is -0.0629. The van der Waals surface area contributed by atoms with Crippen LogP contribution >= 0.6 is 0 Å². The molecule has 0 spiro atoms. The summed E-state index contributed by atoms with van der Waals surface area (Å²) in [5.74, 6) is 1.47. The molecule has 1 aromatic rings. The molecule has 3 heteroatoms. The summed E-state index contributed by atoms with van der Waals surface area (Å²) >= 11 is 0. The topological polar surface area (TPSA) is 38.3 Å². The van der Waals surface area contributed by atoms with Gasteiger partial charge < -0.3 is 10.1 Å². The minimum Gasteiger partial charge on any atom is -0.368 e. The first kappa shape index (κ1) is 23.7. The highest BCUT2D eigenvalue weighted by Gasteiger charge is 2.35. The Hall–Kier alpha value is -1.61. The van der Waals surface area contributed by atoms with Crippen molar-refractivity contribution < 1.29 is 9.53 Å². The van der Waals surface area contributed by atoms with Gasteiger partial charge in [-0.15, -0.1) is 6.58 Å². The average Bonchev–Trinajstić information content (AvgIpc) is 2.99. The fourth-order valence-electron chi connectivity index (χ4n) is 4.38. The molecule has 1 aliphatic heterocycles. The molecule has 1 amide bonds. The van der Waals surface area contributed by atoms with E-state index < -0.39 is 0 Å². The average molecular weight is 400 g/mol. The van der Waals surface area contributed by atoms with Crippen molar-refractivity contribution in [2.24, 2.45) is 0 Å². The molecule has 0 aliphatic carbocycles. The summed E-state index contributed by atoms with van der Waals surface area (Å²) in [5, 5.41) is 3.12. The molecule has 1 saturated heterocycles. The van der Waals surface area contributed by atoms with Crippen LogP contribution in [0.1, 0.15) is 120 Å². The van der Waals surface area contributed by atoms with Crippen molar-refractivity contribution >= 4 is 5.91 Å². The van der Waals surface area contributed by atoms with Crippen molar-refractivity contribution in [3.05, 3.63) is 47.0 Å². The zero-order valence-corrected chi connectivity index (χ0v) is 19.5. The molecule has 29 heavy (non-hydrogen) atoms. The fraction of sp³-hybridized carbons (Fsp3) is 0.654. The number of allylic oxidation sites excluding steroid dienone is 1. The lowest BCUT2D eigenvalue weighted by atomic mass is 9.82. The van der Waals surface area contributed by atoms with Crippen LogP contribution in [-0.2, 0) is 9.53 Å². The Bertz CT molecular complexity index is 676. The number of amides is 1. The van der Waals surface area contributed by atoms with E-state index in [2.05, 4.69) is 72.5 Å². The van der Waals surface area contributed by atoms with E-state index >= 15 is 0 Å². The van der Waals surface area contributed by atoms with Crippen molar-refractivity contribution in [3.63, 3.8) is 0 Å². The standard InChI is InChI=1S/C26H41NO2/c1-9-10-11-12-23-24(15-25(28)27-23)29-19(8)26-21(17(4)5)13-20(16(2)3)14-22(26)18(6)7/h9,13-14,16-19,23-24H,1,10-12,15H2,2-8H3,(H,27,28)/t19-,23+,24+/m0/s1. The number of carbonyl (C=O) groups excluding carboxylic acids is 1. The highest BCUT2D eigenvalue weighted by molar-refractivity contribution is 5.79. The van der Waals surface area contributed by atoms with Gasteiger partial charge in [0.2, 0.25) is 5.91 Å². The maximum absolute atomic E-state index is 12.1. The predicted molar refractivity (Wildman–Crippen MR) is 123 cm³/mol. The first-order valence-electron chi connectivity index (χ1n) is 11.4. The first-order valence-corrected chi connectivity index (χ1v) is 11.4. The van der Waals surface area contributed by atoms with E-state index in [-0.39, 0.29) is 24.2 Å². The van der Waals surface area contributed by atoms with Crippen LogP contribution in [0.4, 0.5) is 0 Å². The lowest BCUT2D eigenvalue weighted by Gasteiger charge is -2.29. The molecule has 1 aromatic carbocycles. The zero-order valence-electron chi connectivity index (χ0n) is 19.5. The van der Waals surface area contributed by atoms with Crippen LogP contribution in [0.5, 0.6) is 0 Å². The second-order valence-electron chi connectivity index (χ2n) is 9.49. The Morgan fingerprint density at radius 2 is 1.66 bits per heavy atom. The molecular formula is C26H41NO2. The van der Waals surface area contributed by atoms with Gasteiger partial charge in [0.05, 0.1) is 24.7 Å². The summed E-state index contributed by atoms with van der Waals surface area (Å²) in [6.45, 7) is 19.5. The molecule has 3 nitrogen and oxygen atoms in total. The number of nitrogens with one attached hydrogen (secondary N) is 1. The van der Waals surface area contributed by atoms with Crippen LogP contribution in [0.15, 0.2) is 24.8 Å². The minimum absolute atomic E-state index is 0.0365. The second-order valence-corrected chi connectivity index (χ2v) is 9.49. The highest BCUT2D eigenvalue weighted by atomic mass is 16.5. The van der Waals surface area contributed by atoms with Gasteiger partial charge in [0, 0.05) is 0 Å². The predicted octanol–water partition coefficient (Wildman–Crippen LogP) is 6.75. The van der Waals surface area contributed by atoms with Crippen molar-refractivity contribution in [2.45, 2.75) is 110 Å². The largest absolute Gasteiger partial charge is 0.368 e. The third kappa shape index (κ3) is 5.94. The molecule has 0 unspecified atom stereocenters. The van der Waals surface area contributed by atoms with Gasteiger partial charge in [-0.2, -0.15) is 0 Å². The van der Waals surface area contributed by atoms with Gasteiger partial charge in [-0.3, -0.25) is 4.79 Å². The SMILES string of the molecule is C=CCCC[C@H]1NC(=O)C[C@H]1O[C@@H](C)c1c(C(C)C)cc(C(C)C)cc1C(C)C. The van der Waals surface area contributed by atoms with Gasteiger partial charge in [0.25, 0.3) is 0 Å². The Morgan fingerprint density at radius 1 is 1.07 bits per heavy atom. The van der Waals surface area contributed by atoms with E-state index in [9.17, 15) is 4.79 Å². The van der Waals surface area contributed by atoms with Crippen LogP contribution < -0.4 is 5.32 Å². The van der Waals surface area contributed by atoms with Crippen LogP contribution in [0.3, 0.4) is 0 Å². The summed E-state index contributed by atoms with van der Waals surface area (Å²) in [5.41, 5.74) is 5.48. The third-order valence-electron chi connectivity index (χ3n) is 6.07. The van der Waals surface area contributed by atoms with E-state index in [1.165, 1.54) is 22.3 Å². The van der Waals surface area contributed by atoms with Gasteiger partial charge in [-0.05, 0) is 66.2 Å². The molecule has 0 aromatic heterocycles. The molecule has 1 fully saturated rings. The molecule has 1 heterocycles. The molecule has 0 bridgehead atoms. The van der Waals surface area contributed by atoms with Gasteiger partial charge in [0.1, 0.15) is 0 Å². The molecular weight excluding hydrogens is 358 g/mol. The number of carbonyl (C=O) groups is 1. The number of rotatable bonds is 10. The van der Waals surface area contributed by atoms with Crippen LogP contribution in [0.25, 0.3) is 0 Å². The van der Waals surface area contributed by atoms with E-state index in [4.69, 9.17) is 4.74 Å². The Labute approximate surface area is 178 Å². The quantitative estimate of drug-likeness (QED) is 0.349.